The number of nitrogens with one attached hydrogen (secondary N) is 1. The van der Waals surface area contributed by atoms with E-state index >= 15 is 0 Å². The minimum Gasteiger partial charge on any atom is -0.465 e. The molecule has 0 aliphatic carbocycles. The second-order valence-corrected chi connectivity index (χ2v) is 10.4. The molecule has 2 aromatic rings. The molecular weight excluding hydrogens is 462 g/mol. The number of carbonyl (C=O) groups excluding carboxylic acids is 2. The van der Waals surface area contributed by atoms with Crippen molar-refractivity contribution in [2.24, 2.45) is 0 Å². The number of ether oxygens (including phenoxy) is 1. The molecule has 1 N–H and O–H groups in total. The van der Waals surface area contributed by atoms with E-state index in [4.69, 9.17) is 4.74 Å². The molecule has 0 fully saturated rings. The van der Waals surface area contributed by atoms with Crippen LogP contribution in [-0.2, 0) is 14.8 Å². The Labute approximate surface area is 199 Å². The minimum absolute atomic E-state index is 0.129. The molecule has 1 aromatic carbocycles. The number of benzene rings is 1. The van der Waals surface area contributed by atoms with Crippen LogP contribution in [0.3, 0.4) is 0 Å². The summed E-state index contributed by atoms with van der Waals surface area (Å²) in [4.78, 5) is 25.0. The topological polar surface area (TPSA) is 117 Å². The number of amides is 1. The number of unbranched alkanes of at least 4 members (excludes halogenated alkanes) is 2. The van der Waals surface area contributed by atoms with Gasteiger partial charge in [-0.15, -0.1) is 11.3 Å². The van der Waals surface area contributed by atoms with Crippen LogP contribution in [0, 0.1) is 18.3 Å². The van der Waals surface area contributed by atoms with Gasteiger partial charge in [-0.25, -0.2) is 13.2 Å². The molecule has 0 saturated heterocycles. The lowest BCUT2D eigenvalue weighted by atomic mass is 10.1. The maximum Gasteiger partial charge on any atom is 0.348 e. The van der Waals surface area contributed by atoms with Gasteiger partial charge in [-0.3, -0.25) is 4.79 Å². The number of hydrogen-bond acceptors (Lipinski definition) is 7. The van der Waals surface area contributed by atoms with Crippen molar-refractivity contribution in [2.45, 2.75) is 51.3 Å². The van der Waals surface area contributed by atoms with Crippen LogP contribution < -0.4 is 5.32 Å². The number of carbonyl (C=O) groups is 2. The van der Waals surface area contributed by atoms with Crippen molar-refractivity contribution in [3.8, 4) is 6.07 Å². The fourth-order valence-corrected chi connectivity index (χ4v) is 5.73. The number of nitriles is 1. The largest absolute Gasteiger partial charge is 0.465 e. The Kier molecular flexibility index (Phi) is 9.58. The van der Waals surface area contributed by atoms with E-state index < -0.39 is 21.9 Å². The first-order chi connectivity index (χ1) is 15.7. The minimum atomic E-state index is -3.66. The fraction of sp³-hybridized carbons (Fsp3) is 0.435. The zero-order valence-electron chi connectivity index (χ0n) is 19.3. The monoisotopic (exact) mass is 491 g/mol. The van der Waals surface area contributed by atoms with Gasteiger partial charge in [-0.2, -0.15) is 9.57 Å². The third-order valence-electron chi connectivity index (χ3n) is 5.13. The van der Waals surface area contributed by atoms with Crippen LogP contribution in [0.25, 0.3) is 0 Å². The number of methoxy groups -OCH3 is 1. The number of nitrogens with zero attached hydrogens (tertiary/aromatic N) is 2. The zero-order valence-corrected chi connectivity index (χ0v) is 20.9. The normalized spacial score (nSPS) is 11.3. The van der Waals surface area contributed by atoms with E-state index in [0.717, 1.165) is 37.0 Å². The van der Waals surface area contributed by atoms with Crippen LogP contribution >= 0.6 is 11.3 Å². The lowest BCUT2D eigenvalue weighted by Crippen LogP contribution is -2.33. The molecule has 0 atom stereocenters. The van der Waals surface area contributed by atoms with E-state index in [2.05, 4.69) is 5.32 Å². The highest BCUT2D eigenvalue weighted by atomic mass is 32.2. The lowest BCUT2D eigenvalue weighted by Gasteiger charge is -2.22. The van der Waals surface area contributed by atoms with Crippen molar-refractivity contribution < 1.29 is 22.7 Å². The summed E-state index contributed by atoms with van der Waals surface area (Å²) < 4.78 is 32.4. The second kappa shape index (κ2) is 11.9. The van der Waals surface area contributed by atoms with Gasteiger partial charge in [-0.1, -0.05) is 26.7 Å². The maximum atomic E-state index is 13.1. The molecule has 10 heteroatoms. The summed E-state index contributed by atoms with van der Waals surface area (Å²) in [6.45, 7) is 6.55. The quantitative estimate of drug-likeness (QED) is 0.461. The van der Waals surface area contributed by atoms with Crippen molar-refractivity contribution in [1.29, 1.82) is 5.26 Å². The van der Waals surface area contributed by atoms with Crippen LogP contribution in [-0.4, -0.2) is 44.8 Å². The fourth-order valence-electron chi connectivity index (χ4n) is 3.15. The van der Waals surface area contributed by atoms with E-state index in [-0.39, 0.29) is 25.9 Å². The van der Waals surface area contributed by atoms with Crippen LogP contribution in [0.5, 0.6) is 0 Å². The van der Waals surface area contributed by atoms with Gasteiger partial charge in [0.25, 0.3) is 5.91 Å². The zero-order chi connectivity index (χ0) is 24.6. The van der Waals surface area contributed by atoms with Crippen molar-refractivity contribution in [1.82, 2.24) is 4.31 Å². The summed E-state index contributed by atoms with van der Waals surface area (Å²) in [5.74, 6) is -1.10. The standard InChI is InChI=1S/C23H29N3O5S2/c1-5-7-13-26(14-8-6-2)33(29,30)18-11-9-17(10-12-18)21(27)25-22-19(15-24)16(3)20(32-22)23(28)31-4/h9-12H,5-8,13-14H2,1-4H3,(H,25,27). The van der Waals surface area contributed by atoms with Crippen LogP contribution in [0.1, 0.15) is 70.7 Å². The highest BCUT2D eigenvalue weighted by molar-refractivity contribution is 7.89. The molecular formula is C23H29N3O5S2. The Morgan fingerprint density at radius 1 is 1.12 bits per heavy atom. The molecule has 1 aromatic heterocycles. The van der Waals surface area contributed by atoms with Crippen LogP contribution in [0.2, 0.25) is 0 Å². The molecule has 0 spiro atoms. The molecule has 178 valence electrons. The van der Waals surface area contributed by atoms with E-state index in [9.17, 15) is 23.3 Å². The predicted molar refractivity (Wildman–Crippen MR) is 128 cm³/mol. The highest BCUT2D eigenvalue weighted by Gasteiger charge is 2.25. The summed E-state index contributed by atoms with van der Waals surface area (Å²) in [6, 6.07) is 7.71. The molecule has 0 aliphatic rings. The first kappa shape index (κ1) is 26.5. The maximum absolute atomic E-state index is 13.1. The smallest absolute Gasteiger partial charge is 0.348 e. The van der Waals surface area contributed by atoms with Crippen LogP contribution in [0.15, 0.2) is 29.2 Å². The van der Waals surface area contributed by atoms with Gasteiger partial charge in [0.1, 0.15) is 15.9 Å². The Morgan fingerprint density at radius 3 is 2.18 bits per heavy atom. The second-order valence-electron chi connectivity index (χ2n) is 7.45. The summed E-state index contributed by atoms with van der Waals surface area (Å²) in [5, 5.41) is 12.3. The molecule has 8 nitrogen and oxygen atoms in total. The van der Waals surface area contributed by atoms with Gasteiger partial charge in [-0.05, 0) is 49.6 Å². The van der Waals surface area contributed by atoms with Gasteiger partial charge < -0.3 is 10.1 Å². The summed E-state index contributed by atoms with van der Waals surface area (Å²) >= 11 is 0.961. The average molecular weight is 492 g/mol. The predicted octanol–water partition coefficient (Wildman–Crippen LogP) is 4.56. The molecule has 33 heavy (non-hydrogen) atoms. The van der Waals surface area contributed by atoms with Crippen molar-refractivity contribution in [2.75, 3.05) is 25.5 Å². The molecule has 0 unspecified atom stereocenters. The highest BCUT2D eigenvalue weighted by Crippen LogP contribution is 2.33. The first-order valence-corrected chi connectivity index (χ1v) is 13.0. The summed E-state index contributed by atoms with van der Waals surface area (Å²) in [6.07, 6.45) is 3.33. The molecule has 0 radical (unpaired) electrons. The van der Waals surface area contributed by atoms with Gasteiger partial charge in [0.05, 0.1) is 17.6 Å². The number of anilines is 1. The third kappa shape index (κ3) is 6.19. The molecule has 0 saturated carbocycles. The Morgan fingerprint density at radius 2 is 1.70 bits per heavy atom. The number of sulfonamides is 1. The van der Waals surface area contributed by atoms with Gasteiger partial charge in [0.2, 0.25) is 10.0 Å². The summed E-state index contributed by atoms with van der Waals surface area (Å²) in [7, 11) is -2.42. The number of rotatable bonds is 11. The number of esters is 1. The molecule has 1 amide bonds. The molecule has 1 heterocycles. The van der Waals surface area contributed by atoms with Gasteiger partial charge in [0, 0.05) is 18.7 Å². The van der Waals surface area contributed by atoms with Crippen LogP contribution in [0.4, 0.5) is 5.00 Å². The Hall–Kier alpha value is -2.74. The van der Waals surface area contributed by atoms with Gasteiger partial charge in [0.15, 0.2) is 0 Å². The van der Waals surface area contributed by atoms with E-state index in [1.165, 1.54) is 35.7 Å². The van der Waals surface area contributed by atoms with Crippen molar-refractivity contribution >= 4 is 38.2 Å². The number of hydrogen-bond donors (Lipinski definition) is 1. The molecule has 0 aliphatic heterocycles. The number of thiophene rings is 1. The molecule has 0 bridgehead atoms. The Bertz CT molecular complexity index is 1120. The van der Waals surface area contributed by atoms with E-state index in [1.807, 2.05) is 19.9 Å². The van der Waals surface area contributed by atoms with Crippen molar-refractivity contribution in [3.05, 3.63) is 45.8 Å². The molecule has 2 rings (SSSR count). The average Bonchev–Trinajstić information content (AvgIpc) is 3.13. The van der Waals surface area contributed by atoms with E-state index in [0.29, 0.717) is 18.7 Å². The first-order valence-electron chi connectivity index (χ1n) is 10.7. The van der Waals surface area contributed by atoms with Crippen molar-refractivity contribution in [3.63, 3.8) is 0 Å². The third-order valence-corrected chi connectivity index (χ3v) is 8.23. The van der Waals surface area contributed by atoms with E-state index in [1.54, 1.807) is 6.92 Å². The SMILES string of the molecule is CCCCN(CCCC)S(=O)(=O)c1ccc(C(=O)Nc2sc(C(=O)OC)c(C)c2C#N)cc1. The Balaban J connectivity index is 2.25. The summed E-state index contributed by atoms with van der Waals surface area (Å²) in [5.41, 5.74) is 0.859. The lowest BCUT2D eigenvalue weighted by molar-refractivity contribution is 0.0605. The van der Waals surface area contributed by atoms with Gasteiger partial charge >= 0.3 is 5.97 Å².